The van der Waals surface area contributed by atoms with Crippen LogP contribution in [0.5, 0.6) is 0 Å². The van der Waals surface area contributed by atoms with Crippen LogP contribution in [0.1, 0.15) is 80.0 Å². The first-order valence-corrected chi connectivity index (χ1v) is 9.23. The van der Waals surface area contributed by atoms with Crippen molar-refractivity contribution in [3.05, 3.63) is 47.5 Å². The van der Waals surface area contributed by atoms with Gasteiger partial charge in [-0.3, -0.25) is 0 Å². The summed E-state index contributed by atoms with van der Waals surface area (Å²) in [6.45, 7) is 6.46. The van der Waals surface area contributed by atoms with Gasteiger partial charge in [0.05, 0.1) is 17.7 Å². The molecule has 25 heavy (non-hydrogen) atoms. The average Bonchev–Trinajstić information content (AvgIpc) is 2.62. The number of hydrogen-bond acceptors (Lipinski definition) is 4. The molecule has 0 fully saturated rings. The van der Waals surface area contributed by atoms with Crippen LogP contribution in [0.3, 0.4) is 0 Å². The third kappa shape index (κ3) is 8.52. The van der Waals surface area contributed by atoms with Crippen LogP contribution in [-0.4, -0.2) is 24.6 Å². The standard InChI is InChI=1S/C21H30O4/c1-4-6-8-9-12-17(3)25-21(23)19-14-11-13-18(16-19)20(22)24-15-10-7-5-2/h9,11-14,16-17H,4-8,10,15H2,1-3H3/b12-9+. The van der Waals surface area contributed by atoms with Crippen LogP contribution in [0, 0.1) is 0 Å². The number of rotatable bonds is 11. The van der Waals surface area contributed by atoms with E-state index < -0.39 is 11.9 Å². The molecule has 1 unspecified atom stereocenters. The lowest BCUT2D eigenvalue weighted by molar-refractivity contribution is 0.0424. The average molecular weight is 346 g/mol. The minimum absolute atomic E-state index is 0.297. The van der Waals surface area contributed by atoms with Gasteiger partial charge in [0.1, 0.15) is 6.10 Å². The Bertz CT molecular complexity index is 563. The van der Waals surface area contributed by atoms with Crippen LogP contribution in [0.2, 0.25) is 0 Å². The summed E-state index contributed by atoms with van der Waals surface area (Å²) < 4.78 is 10.6. The van der Waals surface area contributed by atoms with Crippen LogP contribution in [0.25, 0.3) is 0 Å². The number of unbranched alkanes of at least 4 members (excludes halogenated alkanes) is 4. The van der Waals surface area contributed by atoms with E-state index in [1.807, 2.05) is 19.1 Å². The van der Waals surface area contributed by atoms with Gasteiger partial charge >= 0.3 is 11.9 Å². The van der Waals surface area contributed by atoms with E-state index in [9.17, 15) is 9.59 Å². The highest BCUT2D eigenvalue weighted by atomic mass is 16.5. The fourth-order valence-corrected chi connectivity index (χ4v) is 2.26. The van der Waals surface area contributed by atoms with Crippen molar-refractivity contribution < 1.29 is 19.1 Å². The monoisotopic (exact) mass is 346 g/mol. The summed E-state index contributed by atoms with van der Waals surface area (Å²) in [4.78, 5) is 24.2. The van der Waals surface area contributed by atoms with Crippen molar-refractivity contribution >= 4 is 11.9 Å². The molecule has 1 rings (SSSR count). The fraction of sp³-hybridized carbons (Fsp3) is 0.524. The minimum atomic E-state index is -0.437. The SMILES string of the molecule is CCCC/C=C/C(C)OC(=O)c1cccc(C(=O)OCCCCC)c1. The molecule has 1 aromatic carbocycles. The molecule has 4 heteroatoms. The van der Waals surface area contributed by atoms with Crippen molar-refractivity contribution in [2.75, 3.05) is 6.61 Å². The number of hydrogen-bond donors (Lipinski definition) is 0. The molecule has 0 spiro atoms. The molecule has 0 saturated heterocycles. The smallest absolute Gasteiger partial charge is 0.338 e. The number of carbonyl (C=O) groups excluding carboxylic acids is 2. The molecular formula is C21H30O4. The molecule has 0 heterocycles. The molecule has 0 aliphatic heterocycles. The molecule has 4 nitrogen and oxygen atoms in total. The molecule has 0 aliphatic carbocycles. The highest BCUT2D eigenvalue weighted by molar-refractivity contribution is 5.95. The van der Waals surface area contributed by atoms with E-state index in [4.69, 9.17) is 9.47 Å². The number of carbonyl (C=O) groups is 2. The number of ether oxygens (including phenoxy) is 2. The van der Waals surface area contributed by atoms with Gasteiger partial charge in [-0.15, -0.1) is 0 Å². The van der Waals surface area contributed by atoms with Gasteiger partial charge in [-0.1, -0.05) is 51.7 Å². The summed E-state index contributed by atoms with van der Waals surface area (Å²) in [5.41, 5.74) is 0.730. The predicted octanol–water partition coefficient (Wildman–Crippen LogP) is 5.33. The Kier molecular flexibility index (Phi) is 10.3. The van der Waals surface area contributed by atoms with E-state index in [2.05, 4.69) is 13.8 Å². The fourth-order valence-electron chi connectivity index (χ4n) is 2.26. The molecule has 1 atom stereocenters. The van der Waals surface area contributed by atoms with E-state index in [0.29, 0.717) is 17.7 Å². The quantitative estimate of drug-likeness (QED) is 0.309. The number of esters is 2. The maximum atomic E-state index is 12.2. The Balaban J connectivity index is 2.56. The second kappa shape index (κ2) is 12.3. The molecule has 0 aliphatic rings. The predicted molar refractivity (Wildman–Crippen MR) is 99.8 cm³/mol. The van der Waals surface area contributed by atoms with E-state index in [0.717, 1.165) is 38.5 Å². The van der Waals surface area contributed by atoms with Crippen LogP contribution in [-0.2, 0) is 9.47 Å². The zero-order valence-electron chi connectivity index (χ0n) is 15.6. The third-order valence-electron chi connectivity index (χ3n) is 3.74. The van der Waals surface area contributed by atoms with Crippen molar-refractivity contribution in [1.29, 1.82) is 0 Å². The van der Waals surface area contributed by atoms with E-state index in [1.54, 1.807) is 18.2 Å². The van der Waals surface area contributed by atoms with Gasteiger partial charge in [-0.2, -0.15) is 0 Å². The normalized spacial score (nSPS) is 12.1. The summed E-state index contributed by atoms with van der Waals surface area (Å²) in [7, 11) is 0. The van der Waals surface area contributed by atoms with Crippen molar-refractivity contribution in [3.8, 4) is 0 Å². The lowest BCUT2D eigenvalue weighted by Gasteiger charge is -2.10. The summed E-state index contributed by atoms with van der Waals surface area (Å²) in [5.74, 6) is -0.841. The molecule has 0 saturated carbocycles. The number of benzene rings is 1. The molecular weight excluding hydrogens is 316 g/mol. The zero-order valence-corrected chi connectivity index (χ0v) is 15.6. The van der Waals surface area contributed by atoms with Gasteiger partial charge < -0.3 is 9.47 Å². The Morgan fingerprint density at radius 1 is 1.04 bits per heavy atom. The molecule has 0 bridgehead atoms. The van der Waals surface area contributed by atoms with Crippen molar-refractivity contribution in [3.63, 3.8) is 0 Å². The minimum Gasteiger partial charge on any atom is -0.462 e. The van der Waals surface area contributed by atoms with Gasteiger partial charge in [0.2, 0.25) is 0 Å². The number of allylic oxidation sites excluding steroid dienone is 1. The lowest BCUT2D eigenvalue weighted by atomic mass is 10.1. The molecule has 0 aromatic heterocycles. The van der Waals surface area contributed by atoms with Crippen molar-refractivity contribution in [1.82, 2.24) is 0 Å². The van der Waals surface area contributed by atoms with E-state index >= 15 is 0 Å². The van der Waals surface area contributed by atoms with Crippen LogP contribution < -0.4 is 0 Å². The molecule has 138 valence electrons. The lowest BCUT2D eigenvalue weighted by Crippen LogP contribution is -2.14. The van der Waals surface area contributed by atoms with Crippen LogP contribution in [0.4, 0.5) is 0 Å². The van der Waals surface area contributed by atoms with Crippen molar-refractivity contribution in [2.24, 2.45) is 0 Å². The summed E-state index contributed by atoms with van der Waals surface area (Å²) in [6, 6.07) is 6.48. The van der Waals surface area contributed by atoms with E-state index in [-0.39, 0.29) is 6.10 Å². The van der Waals surface area contributed by atoms with Gasteiger partial charge in [-0.25, -0.2) is 9.59 Å². The Morgan fingerprint density at radius 2 is 1.72 bits per heavy atom. The van der Waals surface area contributed by atoms with Gasteiger partial charge in [-0.05, 0) is 44.0 Å². The highest BCUT2D eigenvalue weighted by Gasteiger charge is 2.14. The summed E-state index contributed by atoms with van der Waals surface area (Å²) >= 11 is 0. The van der Waals surface area contributed by atoms with E-state index in [1.165, 1.54) is 6.07 Å². The first-order valence-electron chi connectivity index (χ1n) is 9.23. The zero-order chi connectivity index (χ0) is 18.5. The first-order chi connectivity index (χ1) is 12.1. The first kappa shape index (κ1) is 20.9. The van der Waals surface area contributed by atoms with Gasteiger partial charge in [0.25, 0.3) is 0 Å². The van der Waals surface area contributed by atoms with Gasteiger partial charge in [0.15, 0.2) is 0 Å². The van der Waals surface area contributed by atoms with Gasteiger partial charge in [0, 0.05) is 0 Å². The molecule has 0 N–H and O–H groups in total. The summed E-state index contributed by atoms with van der Waals surface area (Å²) in [5, 5.41) is 0. The van der Waals surface area contributed by atoms with Crippen LogP contribution >= 0.6 is 0 Å². The highest BCUT2D eigenvalue weighted by Crippen LogP contribution is 2.11. The topological polar surface area (TPSA) is 52.6 Å². The summed E-state index contributed by atoms with van der Waals surface area (Å²) in [6.07, 6.45) is 9.83. The van der Waals surface area contributed by atoms with Crippen LogP contribution in [0.15, 0.2) is 36.4 Å². The van der Waals surface area contributed by atoms with Crippen molar-refractivity contribution in [2.45, 2.75) is 65.4 Å². The third-order valence-corrected chi connectivity index (χ3v) is 3.74. The maximum absolute atomic E-state index is 12.2. The molecule has 1 aromatic rings. The Labute approximate surface area is 151 Å². The second-order valence-electron chi connectivity index (χ2n) is 6.10. The second-order valence-corrected chi connectivity index (χ2v) is 6.10. The Morgan fingerprint density at radius 3 is 2.40 bits per heavy atom. The Hall–Kier alpha value is -2.10. The molecule has 0 amide bonds. The largest absolute Gasteiger partial charge is 0.462 e. The maximum Gasteiger partial charge on any atom is 0.338 e. The molecule has 0 radical (unpaired) electrons.